The second kappa shape index (κ2) is 5.81. The highest BCUT2D eigenvalue weighted by Crippen LogP contribution is 2.33. The number of carbonyl (C=O) groups is 1. The van der Waals surface area contributed by atoms with E-state index in [2.05, 4.69) is 16.0 Å². The standard InChI is InChI=1S/C15H18N2O2S/c1-19-15(18)14-11(6-9-20-14)10-17-8-3-5-13(17)12-4-2-7-16-12/h2,4,6-7,9,13,16H,3,5,8,10H2,1H3/t13-/m0/s1. The van der Waals surface area contributed by atoms with Gasteiger partial charge in [0.15, 0.2) is 0 Å². The maximum Gasteiger partial charge on any atom is 0.348 e. The Morgan fingerprint density at radius 1 is 1.55 bits per heavy atom. The van der Waals surface area contributed by atoms with Gasteiger partial charge in [0.2, 0.25) is 0 Å². The molecule has 0 radical (unpaired) electrons. The highest BCUT2D eigenvalue weighted by atomic mass is 32.1. The number of H-pyrrole nitrogens is 1. The highest BCUT2D eigenvalue weighted by Gasteiger charge is 2.28. The molecule has 0 unspecified atom stereocenters. The molecule has 2 aromatic heterocycles. The summed E-state index contributed by atoms with van der Waals surface area (Å²) in [6, 6.07) is 6.63. The fourth-order valence-corrected chi connectivity index (χ4v) is 3.70. The minimum absolute atomic E-state index is 0.231. The van der Waals surface area contributed by atoms with Crippen molar-refractivity contribution < 1.29 is 9.53 Å². The van der Waals surface area contributed by atoms with Gasteiger partial charge < -0.3 is 9.72 Å². The maximum atomic E-state index is 11.7. The number of nitrogens with one attached hydrogen (secondary N) is 1. The zero-order chi connectivity index (χ0) is 13.9. The molecule has 1 fully saturated rings. The topological polar surface area (TPSA) is 45.3 Å². The van der Waals surface area contributed by atoms with Crippen LogP contribution in [0.15, 0.2) is 29.8 Å². The van der Waals surface area contributed by atoms with E-state index < -0.39 is 0 Å². The van der Waals surface area contributed by atoms with Crippen molar-refractivity contribution in [2.24, 2.45) is 0 Å². The Balaban J connectivity index is 1.77. The van der Waals surface area contributed by atoms with E-state index in [1.807, 2.05) is 23.7 Å². The molecule has 1 atom stereocenters. The predicted octanol–water partition coefficient (Wildman–Crippen LogP) is 3.20. The zero-order valence-corrected chi connectivity index (χ0v) is 12.3. The molecule has 106 valence electrons. The van der Waals surface area contributed by atoms with Crippen LogP contribution in [0.4, 0.5) is 0 Å². The van der Waals surface area contributed by atoms with Gasteiger partial charge in [0.1, 0.15) is 4.88 Å². The van der Waals surface area contributed by atoms with Crippen molar-refractivity contribution in [3.8, 4) is 0 Å². The van der Waals surface area contributed by atoms with E-state index in [-0.39, 0.29) is 5.97 Å². The number of nitrogens with zero attached hydrogens (tertiary/aromatic N) is 1. The molecule has 1 saturated heterocycles. The van der Waals surface area contributed by atoms with Crippen molar-refractivity contribution in [3.05, 3.63) is 45.9 Å². The van der Waals surface area contributed by atoms with Crippen LogP contribution in [0.2, 0.25) is 0 Å². The first-order valence-electron chi connectivity index (χ1n) is 6.81. The molecule has 1 N–H and O–H groups in total. The van der Waals surface area contributed by atoms with Crippen LogP contribution < -0.4 is 0 Å². The fraction of sp³-hybridized carbons (Fsp3) is 0.400. The monoisotopic (exact) mass is 290 g/mol. The highest BCUT2D eigenvalue weighted by molar-refractivity contribution is 7.12. The number of hydrogen-bond donors (Lipinski definition) is 1. The molecule has 0 aromatic carbocycles. The van der Waals surface area contributed by atoms with Crippen LogP contribution in [0.3, 0.4) is 0 Å². The minimum Gasteiger partial charge on any atom is -0.465 e. The first kappa shape index (κ1) is 13.4. The predicted molar refractivity (Wildman–Crippen MR) is 78.8 cm³/mol. The molecule has 1 aliphatic heterocycles. The maximum absolute atomic E-state index is 11.7. The van der Waals surface area contributed by atoms with Gasteiger partial charge in [0.05, 0.1) is 13.2 Å². The van der Waals surface area contributed by atoms with Crippen molar-refractivity contribution in [2.75, 3.05) is 13.7 Å². The molecular weight excluding hydrogens is 272 g/mol. The van der Waals surface area contributed by atoms with Crippen LogP contribution in [-0.4, -0.2) is 29.5 Å². The van der Waals surface area contributed by atoms with Gasteiger partial charge in [-0.15, -0.1) is 11.3 Å². The van der Waals surface area contributed by atoms with E-state index in [0.717, 1.165) is 30.0 Å². The summed E-state index contributed by atoms with van der Waals surface area (Å²) in [5, 5.41) is 1.96. The number of thiophene rings is 1. The van der Waals surface area contributed by atoms with Crippen molar-refractivity contribution in [2.45, 2.75) is 25.4 Å². The molecule has 0 amide bonds. The molecule has 1 aliphatic rings. The van der Waals surface area contributed by atoms with E-state index >= 15 is 0 Å². The normalized spacial score (nSPS) is 19.4. The SMILES string of the molecule is COC(=O)c1sccc1CN1CCC[C@H]1c1ccc[nH]1. The third-order valence-electron chi connectivity index (χ3n) is 3.84. The van der Waals surface area contributed by atoms with Gasteiger partial charge in [-0.3, -0.25) is 4.90 Å². The molecule has 3 rings (SSSR count). The number of esters is 1. The summed E-state index contributed by atoms with van der Waals surface area (Å²) in [5.41, 5.74) is 2.33. The molecule has 0 aliphatic carbocycles. The second-order valence-electron chi connectivity index (χ2n) is 5.02. The molecule has 5 heteroatoms. The summed E-state index contributed by atoms with van der Waals surface area (Å²) in [5.74, 6) is -0.231. The Kier molecular flexibility index (Phi) is 3.89. The zero-order valence-electron chi connectivity index (χ0n) is 11.5. The lowest BCUT2D eigenvalue weighted by atomic mass is 10.1. The van der Waals surface area contributed by atoms with Gasteiger partial charge >= 0.3 is 5.97 Å². The summed E-state index contributed by atoms with van der Waals surface area (Å²) in [4.78, 5) is 18.2. The van der Waals surface area contributed by atoms with Crippen molar-refractivity contribution >= 4 is 17.3 Å². The first-order valence-corrected chi connectivity index (χ1v) is 7.69. The summed E-state index contributed by atoms with van der Waals surface area (Å²) < 4.78 is 4.85. The number of methoxy groups -OCH3 is 1. The number of aromatic amines is 1. The summed E-state index contributed by atoms with van der Waals surface area (Å²) in [6.07, 6.45) is 4.33. The van der Waals surface area contributed by atoms with Crippen LogP contribution in [0.5, 0.6) is 0 Å². The summed E-state index contributed by atoms with van der Waals surface area (Å²) in [6.45, 7) is 1.87. The number of ether oxygens (including phenoxy) is 1. The van der Waals surface area contributed by atoms with Gasteiger partial charge in [-0.1, -0.05) is 0 Å². The Bertz CT molecular complexity index is 576. The number of carbonyl (C=O) groups excluding carboxylic acids is 1. The van der Waals surface area contributed by atoms with E-state index in [1.165, 1.54) is 30.6 Å². The van der Waals surface area contributed by atoms with E-state index in [4.69, 9.17) is 4.74 Å². The van der Waals surface area contributed by atoms with Gasteiger partial charge in [-0.2, -0.15) is 0 Å². The van der Waals surface area contributed by atoms with Crippen LogP contribution in [0.1, 0.15) is 39.8 Å². The summed E-state index contributed by atoms with van der Waals surface area (Å²) in [7, 11) is 1.43. The van der Waals surface area contributed by atoms with E-state index in [0.29, 0.717) is 6.04 Å². The first-order chi connectivity index (χ1) is 9.79. The van der Waals surface area contributed by atoms with Gasteiger partial charge in [0.25, 0.3) is 0 Å². The average molecular weight is 290 g/mol. The number of aromatic nitrogens is 1. The third kappa shape index (κ3) is 2.51. The van der Waals surface area contributed by atoms with Gasteiger partial charge in [-0.05, 0) is 48.5 Å². The smallest absolute Gasteiger partial charge is 0.348 e. The number of rotatable bonds is 4. The van der Waals surface area contributed by atoms with Crippen molar-refractivity contribution in [1.29, 1.82) is 0 Å². The van der Waals surface area contributed by atoms with Gasteiger partial charge in [-0.25, -0.2) is 4.79 Å². The van der Waals surface area contributed by atoms with Crippen LogP contribution >= 0.6 is 11.3 Å². The fourth-order valence-electron chi connectivity index (χ4n) is 2.87. The molecule has 3 heterocycles. The molecular formula is C15H18N2O2S. The third-order valence-corrected chi connectivity index (χ3v) is 4.77. The van der Waals surface area contributed by atoms with Crippen molar-refractivity contribution in [1.82, 2.24) is 9.88 Å². The lowest BCUT2D eigenvalue weighted by Gasteiger charge is -2.23. The quantitative estimate of drug-likeness (QED) is 0.880. The van der Waals surface area contributed by atoms with Crippen LogP contribution in [0, 0.1) is 0 Å². The summed E-state index contributed by atoms with van der Waals surface area (Å²) >= 11 is 1.46. The number of likely N-dealkylation sites (tertiary alicyclic amines) is 1. The van der Waals surface area contributed by atoms with E-state index in [9.17, 15) is 4.79 Å². The lowest BCUT2D eigenvalue weighted by molar-refractivity contribution is 0.0604. The molecule has 20 heavy (non-hydrogen) atoms. The molecule has 2 aromatic rings. The Hall–Kier alpha value is -1.59. The Morgan fingerprint density at radius 3 is 3.20 bits per heavy atom. The molecule has 0 spiro atoms. The Labute approximate surface area is 122 Å². The largest absolute Gasteiger partial charge is 0.465 e. The molecule has 0 bridgehead atoms. The second-order valence-corrected chi connectivity index (χ2v) is 5.94. The van der Waals surface area contributed by atoms with Crippen LogP contribution in [-0.2, 0) is 11.3 Å². The lowest BCUT2D eigenvalue weighted by Crippen LogP contribution is -2.23. The van der Waals surface area contributed by atoms with Crippen molar-refractivity contribution in [3.63, 3.8) is 0 Å². The molecule has 0 saturated carbocycles. The average Bonchev–Trinajstić information content (AvgIpc) is 3.19. The number of hydrogen-bond acceptors (Lipinski definition) is 4. The van der Waals surface area contributed by atoms with E-state index in [1.54, 1.807) is 0 Å². The molecule has 4 nitrogen and oxygen atoms in total. The van der Waals surface area contributed by atoms with Crippen LogP contribution in [0.25, 0.3) is 0 Å². The van der Waals surface area contributed by atoms with Gasteiger partial charge in [0, 0.05) is 18.4 Å². The minimum atomic E-state index is -0.231. The Morgan fingerprint density at radius 2 is 2.45 bits per heavy atom.